The van der Waals surface area contributed by atoms with Gasteiger partial charge in [0.15, 0.2) is 0 Å². The normalized spacial score (nSPS) is 15.9. The molecule has 0 unspecified atom stereocenters. The van der Waals surface area contributed by atoms with Gasteiger partial charge < -0.3 is 160 Å². The Morgan fingerprint density at radius 3 is 0.857 bits per heavy atom. The monoisotopic (exact) mass is 1530 g/mol. The van der Waals surface area contributed by atoms with E-state index >= 15 is 0 Å². The lowest BCUT2D eigenvalue weighted by molar-refractivity contribution is -0.145. The van der Waals surface area contributed by atoms with Gasteiger partial charge in [-0.25, -0.2) is 0 Å². The molecule has 0 saturated carbocycles. The van der Waals surface area contributed by atoms with Crippen LogP contribution in [0.1, 0.15) is 12.8 Å². The van der Waals surface area contributed by atoms with Crippen molar-refractivity contribution in [2.24, 2.45) is 0 Å². The molecule has 0 aromatic carbocycles. The average molecular weight is 1530 g/mol. The highest BCUT2D eigenvalue weighted by Crippen LogP contribution is 2.14. The van der Waals surface area contributed by atoms with Gasteiger partial charge in [-0.15, -0.1) is 0 Å². The van der Waals surface area contributed by atoms with Crippen molar-refractivity contribution in [3.8, 4) is 0 Å². The molecule has 0 saturated heterocycles. The number of amides is 7. The van der Waals surface area contributed by atoms with Crippen LogP contribution in [-0.2, 0) is 62.0 Å². The Morgan fingerprint density at radius 2 is 0.562 bits per heavy atom. The molecule has 42 nitrogen and oxygen atoms in total. The molecule has 0 aliphatic rings. The number of hydrogen-bond donors (Lipinski definition) is 20. The van der Waals surface area contributed by atoms with Crippen molar-refractivity contribution >= 4 is 41.4 Å². The summed E-state index contributed by atoms with van der Waals surface area (Å²) in [6.07, 6.45) is -26.4. The van der Waals surface area contributed by atoms with Crippen molar-refractivity contribution in [3.05, 3.63) is 0 Å². The smallest absolute Gasteiger partial charge is 0.242 e. The summed E-state index contributed by atoms with van der Waals surface area (Å²) in [5.74, 6) is -3.57. The Morgan fingerprint density at radius 1 is 0.305 bits per heavy atom. The number of nitrogens with one attached hydrogen (secondary N) is 2. The number of rotatable bonds is 65. The van der Waals surface area contributed by atoms with E-state index in [1.54, 1.807) is 11.9 Å². The summed E-state index contributed by atoms with van der Waals surface area (Å²) in [4.78, 5) is 99.5. The number of carbonyl (C=O) groups is 7. The van der Waals surface area contributed by atoms with Gasteiger partial charge in [0.05, 0.1) is 175 Å². The Balaban J connectivity index is 5.10. The fraction of sp³-hybridized carbons (Fsp3) is 0.889. The van der Waals surface area contributed by atoms with Crippen molar-refractivity contribution in [2.75, 3.05) is 266 Å². The molecule has 0 radical (unpaired) electrons. The molecule has 7 amide bonds. The standard InChI is InChI=1S/C63H125N11O31/c1-64-30-52(88)67(3)36-54(90)69(5)38-56(92)71(7)40-57(93)70(6)39-55(91)68(4)37-53(89)66(2)35-51(87)65-10-18-100-20-22-102-24-26-104-28-29-105-27-25-103-23-21-101-19-15-72(11-13-73(31-45(81)58(94)43(79)8-16-75)33-47(83)60(96)62(98)49(85)41-77)12-14-74(32-46(82)59(95)44(80)9-17-76)34-48(84)61(97)63(99)50(86)42-78/h43-50,58-64,75-86,94-99H,8-42H2,1-7H3,(H,65,87)/t43-,44-,45+,46+,47+,48+,49-,50-,58+,59+,60-,61-,62-,63-/m1/s1. The van der Waals surface area contributed by atoms with Crippen molar-refractivity contribution in [3.63, 3.8) is 0 Å². The maximum Gasteiger partial charge on any atom is 0.242 e. The van der Waals surface area contributed by atoms with Crippen LogP contribution in [0.15, 0.2) is 0 Å². The van der Waals surface area contributed by atoms with Crippen molar-refractivity contribution in [1.29, 1.82) is 0 Å². The Kier molecular flexibility index (Phi) is 55.5. The van der Waals surface area contributed by atoms with E-state index in [9.17, 15) is 125 Å². The summed E-state index contributed by atoms with van der Waals surface area (Å²) in [6.45, 7) is -5.01. The Labute approximate surface area is 612 Å². The first kappa shape index (κ1) is 100. The van der Waals surface area contributed by atoms with Crippen LogP contribution < -0.4 is 10.6 Å². The molecule has 618 valence electrons. The van der Waals surface area contributed by atoms with Crippen LogP contribution in [-0.4, -0.2) is 529 Å². The summed E-state index contributed by atoms with van der Waals surface area (Å²) in [5.41, 5.74) is 0. The Hall–Kier alpha value is -4.83. The predicted octanol–water partition coefficient (Wildman–Crippen LogP) is -15.1. The molecule has 0 spiro atoms. The topological polar surface area (TPSA) is 592 Å². The van der Waals surface area contributed by atoms with Crippen LogP contribution in [0, 0.1) is 0 Å². The summed E-state index contributed by atoms with van der Waals surface area (Å²) in [5, 5.41) is 190. The summed E-state index contributed by atoms with van der Waals surface area (Å²) < 4.78 is 33.5. The predicted molar refractivity (Wildman–Crippen MR) is 369 cm³/mol. The molecule has 105 heavy (non-hydrogen) atoms. The first-order valence-electron chi connectivity index (χ1n) is 34.6. The van der Waals surface area contributed by atoms with E-state index in [0.29, 0.717) is 0 Å². The van der Waals surface area contributed by atoms with E-state index in [1.165, 1.54) is 57.0 Å². The average Bonchev–Trinajstić information content (AvgIpc) is 0.881. The second kappa shape index (κ2) is 58.2. The lowest BCUT2D eigenvalue weighted by Crippen LogP contribution is -2.54. The van der Waals surface area contributed by atoms with E-state index in [0.717, 1.165) is 24.5 Å². The maximum atomic E-state index is 12.9. The minimum absolute atomic E-state index is 0.00809. The second-order valence-corrected chi connectivity index (χ2v) is 25.3. The number of aliphatic hydroxyl groups is 18. The SMILES string of the molecule is CNCC(=O)N(C)CC(=O)N(C)CC(=O)N(C)CC(=O)N(C)CC(=O)N(C)CC(=O)N(C)CC(=O)NCCOCCOCCOCCOCCOCCOCCN(CCN(C[C@H](O)[C@@H](O)[C@H](O)[C@H](O)CO)C[C@H](O)[C@@H](O)[C@H](O)CCO)CCN(C[C@H](O)[C@@H](O)[C@H](O)[C@H](O)CO)C[C@H](O)[C@@H](O)[C@H](O)CCO. The number of aliphatic hydroxyl groups excluding tert-OH is 18. The summed E-state index contributed by atoms with van der Waals surface area (Å²) in [7, 11) is 9.88. The molecule has 0 aromatic rings. The quantitative estimate of drug-likeness (QED) is 0.0251. The van der Waals surface area contributed by atoms with Gasteiger partial charge in [0.2, 0.25) is 41.4 Å². The molecule has 0 bridgehead atoms. The first-order valence-corrected chi connectivity index (χ1v) is 34.6. The molecule has 42 heteroatoms. The molecule has 0 aromatic heterocycles. The van der Waals surface area contributed by atoms with E-state index in [1.807, 2.05) is 0 Å². The number of hydrogen-bond acceptors (Lipinski definition) is 35. The first-order chi connectivity index (χ1) is 49.6. The fourth-order valence-corrected chi connectivity index (χ4v) is 9.51. The minimum atomic E-state index is -2.04. The molecular formula is C63H125N11O31. The van der Waals surface area contributed by atoms with Crippen molar-refractivity contribution < 1.29 is 154 Å². The number of carbonyl (C=O) groups excluding carboxylic acids is 7. The number of likely N-dealkylation sites (N-methyl/N-ethyl adjacent to an activating group) is 7. The lowest BCUT2D eigenvalue weighted by Gasteiger charge is -2.36. The van der Waals surface area contributed by atoms with Gasteiger partial charge in [0, 0.05) is 121 Å². The molecule has 14 atom stereocenters. The molecule has 20 N–H and O–H groups in total. The highest BCUT2D eigenvalue weighted by molar-refractivity contribution is 5.92. The molecule has 0 aliphatic heterocycles. The summed E-state index contributed by atoms with van der Waals surface area (Å²) in [6, 6.07) is 0. The van der Waals surface area contributed by atoms with Crippen LogP contribution in [0.5, 0.6) is 0 Å². The maximum absolute atomic E-state index is 12.9. The minimum Gasteiger partial charge on any atom is -0.396 e. The van der Waals surface area contributed by atoms with E-state index in [-0.39, 0.29) is 163 Å². The highest BCUT2D eigenvalue weighted by Gasteiger charge is 2.36. The zero-order valence-electron chi connectivity index (χ0n) is 61.7. The molecule has 0 heterocycles. The van der Waals surface area contributed by atoms with Crippen LogP contribution in [0.2, 0.25) is 0 Å². The molecule has 0 fully saturated rings. The van der Waals surface area contributed by atoms with Gasteiger partial charge in [-0.3, -0.25) is 48.3 Å². The van der Waals surface area contributed by atoms with E-state index in [2.05, 4.69) is 10.6 Å². The second-order valence-electron chi connectivity index (χ2n) is 25.3. The van der Waals surface area contributed by atoms with Gasteiger partial charge in [-0.1, -0.05) is 0 Å². The van der Waals surface area contributed by atoms with Crippen LogP contribution >= 0.6 is 0 Å². The van der Waals surface area contributed by atoms with E-state index < -0.39 is 193 Å². The van der Waals surface area contributed by atoms with Gasteiger partial charge in [-0.2, -0.15) is 0 Å². The van der Waals surface area contributed by atoms with E-state index in [4.69, 9.17) is 28.4 Å². The Bertz CT molecular complexity index is 2280. The van der Waals surface area contributed by atoms with Gasteiger partial charge in [-0.05, 0) is 19.9 Å². The van der Waals surface area contributed by atoms with Crippen molar-refractivity contribution in [2.45, 2.75) is 98.3 Å². The zero-order valence-corrected chi connectivity index (χ0v) is 61.7. The van der Waals surface area contributed by atoms with Gasteiger partial charge >= 0.3 is 0 Å². The zero-order chi connectivity index (χ0) is 79.7. The third-order valence-corrected chi connectivity index (χ3v) is 16.4. The number of ether oxygens (including phenoxy) is 6. The molecule has 0 aliphatic carbocycles. The molecule has 0 rings (SSSR count). The van der Waals surface area contributed by atoms with Crippen LogP contribution in [0.4, 0.5) is 0 Å². The van der Waals surface area contributed by atoms with Crippen LogP contribution in [0.3, 0.4) is 0 Å². The van der Waals surface area contributed by atoms with Crippen molar-refractivity contribution in [1.82, 2.24) is 54.7 Å². The molecular weight excluding hydrogens is 1410 g/mol. The number of nitrogens with zero attached hydrogens (tertiary/aromatic N) is 9. The summed E-state index contributed by atoms with van der Waals surface area (Å²) >= 11 is 0. The largest absolute Gasteiger partial charge is 0.396 e. The third kappa shape index (κ3) is 43.8. The highest BCUT2D eigenvalue weighted by atomic mass is 16.6. The fourth-order valence-electron chi connectivity index (χ4n) is 9.51. The lowest BCUT2D eigenvalue weighted by atomic mass is 10.0. The third-order valence-electron chi connectivity index (χ3n) is 16.4. The van der Waals surface area contributed by atoms with Gasteiger partial charge in [0.1, 0.15) is 48.8 Å². The van der Waals surface area contributed by atoms with Gasteiger partial charge in [0.25, 0.3) is 0 Å². The van der Waals surface area contributed by atoms with Crippen LogP contribution in [0.25, 0.3) is 0 Å².